The minimum atomic E-state index is -3.75. The first-order valence-electron chi connectivity index (χ1n) is 6.27. The van der Waals surface area contributed by atoms with E-state index in [4.69, 9.17) is 11.6 Å². The average Bonchev–Trinajstić information content (AvgIpc) is 2.96. The van der Waals surface area contributed by atoms with Crippen LogP contribution in [0.15, 0.2) is 66.3 Å². The van der Waals surface area contributed by atoms with Crippen LogP contribution in [0, 0.1) is 0 Å². The highest BCUT2D eigenvalue weighted by Gasteiger charge is 2.42. The van der Waals surface area contributed by atoms with Crippen molar-refractivity contribution in [1.82, 2.24) is 0 Å². The molecular weight excluding hydrogens is 360 g/mol. The number of allylic oxidation sites excluding steroid dienone is 1. The second-order valence-corrected chi connectivity index (χ2v) is 9.39. The Balaban J connectivity index is 1.91. The van der Waals surface area contributed by atoms with Crippen molar-refractivity contribution < 1.29 is 13.2 Å². The molecule has 110 valence electrons. The first-order valence-corrected chi connectivity index (χ1v) is 9.76. The number of ketones is 1. The van der Waals surface area contributed by atoms with E-state index in [0.717, 1.165) is 9.79 Å². The Hall–Kier alpha value is -1.21. The lowest BCUT2D eigenvalue weighted by atomic mass is 10.1. The SMILES string of the molecule is O=C1/C(=C2\Sc3ccc(Cl)cc3S2)S(=O)(=O)c2ccccc21. The molecule has 0 aliphatic carbocycles. The van der Waals surface area contributed by atoms with Crippen molar-refractivity contribution in [3.8, 4) is 0 Å². The van der Waals surface area contributed by atoms with E-state index in [1.807, 2.05) is 6.07 Å². The number of hydrogen-bond acceptors (Lipinski definition) is 5. The number of carbonyl (C=O) groups is 1. The molecule has 2 aliphatic heterocycles. The number of sulfone groups is 1. The molecule has 0 saturated heterocycles. The van der Waals surface area contributed by atoms with Gasteiger partial charge in [0.05, 0.1) is 9.13 Å². The molecule has 0 fully saturated rings. The number of fused-ring (bicyclic) bond motifs is 2. The van der Waals surface area contributed by atoms with Crippen molar-refractivity contribution in [3.63, 3.8) is 0 Å². The molecule has 0 spiro atoms. The van der Waals surface area contributed by atoms with Crippen LogP contribution in [0.1, 0.15) is 10.4 Å². The quantitative estimate of drug-likeness (QED) is 0.648. The van der Waals surface area contributed by atoms with Crippen LogP contribution in [0.4, 0.5) is 0 Å². The van der Waals surface area contributed by atoms with Crippen molar-refractivity contribution in [1.29, 1.82) is 0 Å². The van der Waals surface area contributed by atoms with Crippen molar-refractivity contribution in [2.24, 2.45) is 0 Å². The second kappa shape index (κ2) is 4.89. The molecule has 0 amide bonds. The lowest BCUT2D eigenvalue weighted by Crippen LogP contribution is -2.03. The van der Waals surface area contributed by atoms with E-state index in [9.17, 15) is 13.2 Å². The Kier molecular flexibility index (Phi) is 3.20. The molecule has 7 heteroatoms. The molecule has 0 N–H and O–H groups in total. The van der Waals surface area contributed by atoms with E-state index in [1.54, 1.807) is 30.3 Å². The monoisotopic (exact) mass is 366 g/mol. The molecule has 3 nitrogen and oxygen atoms in total. The topological polar surface area (TPSA) is 51.2 Å². The summed E-state index contributed by atoms with van der Waals surface area (Å²) in [6.07, 6.45) is 0. The summed E-state index contributed by atoms with van der Waals surface area (Å²) in [6, 6.07) is 11.7. The first kappa shape index (κ1) is 14.4. The zero-order valence-electron chi connectivity index (χ0n) is 10.9. The summed E-state index contributed by atoms with van der Waals surface area (Å²) in [4.78, 5) is 14.3. The molecule has 0 bridgehead atoms. The molecular formula is C15H7ClO3S3. The second-order valence-electron chi connectivity index (χ2n) is 4.74. The number of halogens is 1. The van der Waals surface area contributed by atoms with E-state index < -0.39 is 15.6 Å². The van der Waals surface area contributed by atoms with Crippen molar-refractivity contribution in [2.45, 2.75) is 14.7 Å². The Morgan fingerprint density at radius 3 is 2.45 bits per heavy atom. The van der Waals surface area contributed by atoms with E-state index in [2.05, 4.69) is 0 Å². The molecule has 2 aromatic carbocycles. The number of benzene rings is 2. The Bertz CT molecular complexity index is 977. The van der Waals surface area contributed by atoms with Gasteiger partial charge in [-0.1, -0.05) is 47.3 Å². The number of thioether (sulfide) groups is 2. The fourth-order valence-corrected chi connectivity index (χ4v) is 7.43. The highest BCUT2D eigenvalue weighted by atomic mass is 35.5. The molecule has 0 unspecified atom stereocenters. The van der Waals surface area contributed by atoms with Gasteiger partial charge in [0, 0.05) is 20.4 Å². The van der Waals surface area contributed by atoms with Crippen molar-refractivity contribution >= 4 is 50.7 Å². The minimum Gasteiger partial charge on any atom is -0.288 e. The predicted molar refractivity (Wildman–Crippen MR) is 88.2 cm³/mol. The molecule has 2 aliphatic rings. The van der Waals surface area contributed by atoms with E-state index >= 15 is 0 Å². The third kappa shape index (κ3) is 1.98. The van der Waals surface area contributed by atoms with E-state index in [1.165, 1.54) is 29.6 Å². The van der Waals surface area contributed by atoms with Gasteiger partial charge in [-0.25, -0.2) is 8.42 Å². The zero-order valence-corrected chi connectivity index (χ0v) is 14.1. The third-order valence-electron chi connectivity index (χ3n) is 3.39. The van der Waals surface area contributed by atoms with E-state index in [0.29, 0.717) is 9.26 Å². The lowest BCUT2D eigenvalue weighted by Gasteiger charge is -2.00. The Labute approximate surface area is 140 Å². The predicted octanol–water partition coefficient (Wildman–Crippen LogP) is 4.38. The maximum Gasteiger partial charge on any atom is 0.212 e. The summed E-state index contributed by atoms with van der Waals surface area (Å²) < 4.78 is 25.8. The van der Waals surface area contributed by atoms with Crippen LogP contribution >= 0.6 is 35.1 Å². The smallest absolute Gasteiger partial charge is 0.212 e. The van der Waals surface area contributed by atoms with Gasteiger partial charge in [0.25, 0.3) is 0 Å². The summed E-state index contributed by atoms with van der Waals surface area (Å²) in [7, 11) is -3.75. The van der Waals surface area contributed by atoms with Crippen LogP contribution in [-0.2, 0) is 9.84 Å². The highest BCUT2D eigenvalue weighted by molar-refractivity contribution is 8.25. The minimum absolute atomic E-state index is 0.0951. The number of Topliss-reactive ketones (excluding diaryl/α,β-unsaturated/α-hetero) is 1. The van der Waals surface area contributed by atoms with Gasteiger partial charge in [-0.15, -0.1) is 0 Å². The molecule has 0 radical (unpaired) electrons. The van der Waals surface area contributed by atoms with Gasteiger partial charge < -0.3 is 0 Å². The molecule has 0 atom stereocenters. The fraction of sp³-hybridized carbons (Fsp3) is 0. The summed E-state index contributed by atoms with van der Waals surface area (Å²) in [5.41, 5.74) is 0.250. The Morgan fingerprint density at radius 2 is 1.68 bits per heavy atom. The standard InChI is InChI=1S/C15H7ClO3S3/c16-8-5-6-10-11(7-8)21-15(20-10)14-13(17)9-3-1-2-4-12(9)22(14,18)19/h1-7H/b15-14-. The van der Waals surface area contributed by atoms with Gasteiger partial charge in [-0.3, -0.25) is 4.79 Å². The zero-order chi connectivity index (χ0) is 15.5. The van der Waals surface area contributed by atoms with Crippen LogP contribution in [0.25, 0.3) is 0 Å². The molecule has 22 heavy (non-hydrogen) atoms. The Morgan fingerprint density at radius 1 is 0.955 bits per heavy atom. The van der Waals surface area contributed by atoms with Crippen LogP contribution in [0.3, 0.4) is 0 Å². The van der Waals surface area contributed by atoms with Crippen LogP contribution < -0.4 is 0 Å². The number of carbonyl (C=O) groups excluding carboxylic acids is 1. The van der Waals surface area contributed by atoms with Crippen molar-refractivity contribution in [3.05, 3.63) is 62.2 Å². The largest absolute Gasteiger partial charge is 0.288 e. The first-order chi connectivity index (χ1) is 10.5. The normalized spacial score (nSPS) is 21.8. The molecule has 0 saturated carbocycles. The van der Waals surface area contributed by atoms with Gasteiger partial charge in [-0.2, -0.15) is 0 Å². The molecule has 2 heterocycles. The lowest BCUT2D eigenvalue weighted by molar-refractivity contribution is 0.104. The van der Waals surface area contributed by atoms with Gasteiger partial charge in [-0.05, 0) is 30.3 Å². The maximum atomic E-state index is 12.7. The average molecular weight is 367 g/mol. The van der Waals surface area contributed by atoms with Crippen molar-refractivity contribution in [2.75, 3.05) is 0 Å². The summed E-state index contributed by atoms with van der Waals surface area (Å²) in [6.45, 7) is 0. The molecule has 4 rings (SSSR count). The molecule has 2 aromatic rings. The number of rotatable bonds is 0. The van der Waals surface area contributed by atoms with Gasteiger partial charge in [0.2, 0.25) is 15.6 Å². The number of hydrogen-bond donors (Lipinski definition) is 0. The summed E-state index contributed by atoms with van der Waals surface area (Å²) in [5.74, 6) is -0.426. The van der Waals surface area contributed by atoms with Crippen LogP contribution in [0.5, 0.6) is 0 Å². The van der Waals surface area contributed by atoms with Gasteiger partial charge in [0.15, 0.2) is 0 Å². The van der Waals surface area contributed by atoms with Crippen LogP contribution in [0.2, 0.25) is 5.02 Å². The maximum absolute atomic E-state index is 12.7. The summed E-state index contributed by atoms with van der Waals surface area (Å²) >= 11 is 8.55. The van der Waals surface area contributed by atoms with Gasteiger partial charge in [0.1, 0.15) is 4.91 Å². The fourth-order valence-electron chi connectivity index (χ4n) is 2.40. The molecule has 0 aromatic heterocycles. The van der Waals surface area contributed by atoms with Gasteiger partial charge >= 0.3 is 0 Å². The summed E-state index contributed by atoms with van der Waals surface area (Å²) in [5, 5.41) is 0.585. The third-order valence-corrected chi connectivity index (χ3v) is 8.29. The van der Waals surface area contributed by atoms with Crippen LogP contribution in [-0.4, -0.2) is 14.2 Å². The van der Waals surface area contributed by atoms with E-state index in [-0.39, 0.29) is 15.4 Å². The highest BCUT2D eigenvalue weighted by Crippen LogP contribution is 2.55.